The highest BCUT2D eigenvalue weighted by Crippen LogP contribution is 2.18. The van der Waals surface area contributed by atoms with E-state index in [1.165, 1.54) is 0 Å². The molecule has 0 saturated heterocycles. The van der Waals surface area contributed by atoms with E-state index in [4.69, 9.17) is 0 Å². The van der Waals surface area contributed by atoms with Crippen molar-refractivity contribution in [2.24, 2.45) is 0 Å². The summed E-state index contributed by atoms with van der Waals surface area (Å²) < 4.78 is 65.9. The van der Waals surface area contributed by atoms with Crippen LogP contribution < -0.4 is 15.4 Å². The van der Waals surface area contributed by atoms with E-state index in [0.29, 0.717) is 11.1 Å². The molecule has 0 bridgehead atoms. The van der Waals surface area contributed by atoms with E-state index in [0.717, 1.165) is 36.1 Å². The van der Waals surface area contributed by atoms with Crippen molar-refractivity contribution in [2.75, 3.05) is 12.0 Å². The fourth-order valence-electron chi connectivity index (χ4n) is 4.51. The standard InChI is InChI=1S/C31H38FN3O7S2/c1-31(2,3)34-29(37)25-13-9-8-12-22(25)19-28(36)26(18-21-10-6-5-7-11-21)33-30(38)27(35-43(4,39)40)20-44(41,42)24-16-14-23(32)15-17-24/h5-17,26-28,35-36H,18-20H2,1-4H3,(H,33,38)(H,34,37)/t26-,27+,28+/m0/s1. The molecular weight excluding hydrogens is 609 g/mol. The fourth-order valence-corrected chi connectivity index (χ4v) is 6.74. The number of hydrogen-bond acceptors (Lipinski definition) is 7. The van der Waals surface area contributed by atoms with Crippen molar-refractivity contribution in [3.63, 3.8) is 0 Å². The Bertz CT molecular complexity index is 1660. The number of carbonyl (C=O) groups is 2. The van der Waals surface area contributed by atoms with Crippen LogP contribution in [0.25, 0.3) is 0 Å². The first-order valence-corrected chi connectivity index (χ1v) is 17.4. The molecule has 0 aliphatic heterocycles. The Hall–Kier alpha value is -3.65. The molecule has 10 nitrogen and oxygen atoms in total. The Balaban J connectivity index is 1.92. The van der Waals surface area contributed by atoms with Gasteiger partial charge in [0.15, 0.2) is 9.84 Å². The molecule has 13 heteroatoms. The molecule has 238 valence electrons. The number of halogens is 1. The predicted molar refractivity (Wildman–Crippen MR) is 166 cm³/mol. The Morgan fingerprint density at radius 2 is 1.45 bits per heavy atom. The van der Waals surface area contributed by atoms with Gasteiger partial charge in [0.2, 0.25) is 15.9 Å². The molecule has 4 N–H and O–H groups in total. The van der Waals surface area contributed by atoms with Gasteiger partial charge < -0.3 is 15.7 Å². The second-order valence-electron chi connectivity index (χ2n) is 11.6. The van der Waals surface area contributed by atoms with Crippen LogP contribution >= 0.6 is 0 Å². The highest BCUT2D eigenvalue weighted by atomic mass is 32.2. The summed E-state index contributed by atoms with van der Waals surface area (Å²) in [5, 5.41) is 17.0. The lowest BCUT2D eigenvalue weighted by molar-refractivity contribution is -0.123. The van der Waals surface area contributed by atoms with Crippen LogP contribution in [0.15, 0.2) is 83.8 Å². The second-order valence-corrected chi connectivity index (χ2v) is 15.4. The fraction of sp³-hybridized carbons (Fsp3) is 0.355. The number of aliphatic hydroxyl groups is 1. The van der Waals surface area contributed by atoms with E-state index >= 15 is 0 Å². The molecule has 3 aromatic carbocycles. The third-order valence-electron chi connectivity index (χ3n) is 6.50. The third kappa shape index (κ3) is 10.8. The van der Waals surface area contributed by atoms with Crippen LogP contribution in [0, 0.1) is 5.82 Å². The van der Waals surface area contributed by atoms with E-state index in [1.54, 1.807) is 54.6 Å². The number of carbonyl (C=O) groups excluding carboxylic acids is 2. The minimum Gasteiger partial charge on any atom is -0.391 e. The van der Waals surface area contributed by atoms with Gasteiger partial charge in [-0.1, -0.05) is 48.5 Å². The van der Waals surface area contributed by atoms with Gasteiger partial charge in [-0.25, -0.2) is 25.9 Å². The summed E-state index contributed by atoms with van der Waals surface area (Å²) in [6, 6.07) is 16.8. The molecule has 44 heavy (non-hydrogen) atoms. The number of sulfone groups is 1. The Labute approximate surface area is 258 Å². The summed E-state index contributed by atoms with van der Waals surface area (Å²) in [5.74, 6) is -2.95. The Morgan fingerprint density at radius 3 is 2.05 bits per heavy atom. The third-order valence-corrected chi connectivity index (χ3v) is 8.98. The summed E-state index contributed by atoms with van der Waals surface area (Å²) in [5.41, 5.74) is 1.08. The molecular formula is C31H38FN3O7S2. The van der Waals surface area contributed by atoms with Crippen molar-refractivity contribution in [2.45, 2.75) is 62.2 Å². The second kappa shape index (κ2) is 14.4. The maximum atomic E-state index is 13.5. The first-order chi connectivity index (χ1) is 20.4. The van der Waals surface area contributed by atoms with E-state index in [1.807, 2.05) is 20.8 Å². The SMILES string of the molecule is CC(C)(C)NC(=O)c1ccccc1C[C@@H](O)[C@H](Cc1ccccc1)NC(=O)[C@@H](CS(=O)(=O)c1ccc(F)cc1)NS(C)(=O)=O. The number of aliphatic hydroxyl groups excluding tert-OH is 1. The van der Waals surface area contributed by atoms with Crippen LogP contribution in [0.2, 0.25) is 0 Å². The van der Waals surface area contributed by atoms with Crippen molar-refractivity contribution in [1.82, 2.24) is 15.4 Å². The average molecular weight is 648 g/mol. The van der Waals surface area contributed by atoms with Gasteiger partial charge >= 0.3 is 0 Å². The molecule has 3 rings (SSSR count). The number of nitrogens with one attached hydrogen (secondary N) is 3. The largest absolute Gasteiger partial charge is 0.391 e. The first kappa shape index (κ1) is 34.8. The van der Waals surface area contributed by atoms with Gasteiger partial charge in [0.1, 0.15) is 11.9 Å². The van der Waals surface area contributed by atoms with Gasteiger partial charge in [0, 0.05) is 17.5 Å². The number of rotatable bonds is 13. The number of amides is 2. The van der Waals surface area contributed by atoms with Gasteiger partial charge in [-0.05, 0) is 68.7 Å². The van der Waals surface area contributed by atoms with Crippen LogP contribution in [-0.4, -0.2) is 69.5 Å². The minimum atomic E-state index is -4.25. The lowest BCUT2D eigenvalue weighted by Crippen LogP contribution is -2.55. The van der Waals surface area contributed by atoms with Crippen LogP contribution in [0.3, 0.4) is 0 Å². The van der Waals surface area contributed by atoms with Crippen molar-refractivity contribution in [1.29, 1.82) is 0 Å². The van der Waals surface area contributed by atoms with Crippen molar-refractivity contribution < 1.29 is 35.9 Å². The molecule has 0 fully saturated rings. The zero-order valence-corrected chi connectivity index (χ0v) is 26.6. The van der Waals surface area contributed by atoms with E-state index in [2.05, 4.69) is 15.4 Å². The summed E-state index contributed by atoms with van der Waals surface area (Å²) >= 11 is 0. The van der Waals surface area contributed by atoms with E-state index < -0.39 is 61.1 Å². The molecule has 3 aromatic rings. The summed E-state index contributed by atoms with van der Waals surface area (Å²) in [7, 11) is -8.31. The van der Waals surface area contributed by atoms with Crippen molar-refractivity contribution in [3.05, 3.63) is 101 Å². The van der Waals surface area contributed by atoms with Gasteiger partial charge in [-0.3, -0.25) is 9.59 Å². The zero-order chi connectivity index (χ0) is 32.7. The van der Waals surface area contributed by atoms with E-state index in [-0.39, 0.29) is 23.6 Å². The smallest absolute Gasteiger partial charge is 0.251 e. The molecule has 2 amide bonds. The number of sulfonamides is 1. The topological polar surface area (TPSA) is 159 Å². The lowest BCUT2D eigenvalue weighted by atomic mass is 9.93. The summed E-state index contributed by atoms with van der Waals surface area (Å²) in [6.07, 6.45) is -0.423. The van der Waals surface area contributed by atoms with Crippen molar-refractivity contribution >= 4 is 31.7 Å². The molecule has 0 saturated carbocycles. The normalized spacial score (nSPS) is 14.3. The molecule has 3 atom stereocenters. The van der Waals surface area contributed by atoms with Gasteiger partial charge in [-0.2, -0.15) is 0 Å². The predicted octanol–water partition coefficient (Wildman–Crippen LogP) is 2.38. The van der Waals surface area contributed by atoms with Crippen LogP contribution in [0.1, 0.15) is 42.3 Å². The highest BCUT2D eigenvalue weighted by molar-refractivity contribution is 7.91. The lowest BCUT2D eigenvalue weighted by Gasteiger charge is -2.28. The molecule has 0 unspecified atom stereocenters. The maximum absolute atomic E-state index is 13.5. The average Bonchev–Trinajstić information content (AvgIpc) is 2.91. The highest BCUT2D eigenvalue weighted by Gasteiger charge is 2.33. The van der Waals surface area contributed by atoms with Crippen LogP contribution in [0.5, 0.6) is 0 Å². The van der Waals surface area contributed by atoms with E-state index in [9.17, 15) is 35.9 Å². The molecule has 0 radical (unpaired) electrons. The monoisotopic (exact) mass is 647 g/mol. The number of hydrogen-bond donors (Lipinski definition) is 4. The number of benzene rings is 3. The minimum absolute atomic E-state index is 0.0520. The molecule has 0 aliphatic rings. The Morgan fingerprint density at radius 1 is 0.864 bits per heavy atom. The molecule has 0 aliphatic carbocycles. The van der Waals surface area contributed by atoms with Gasteiger partial charge in [-0.15, -0.1) is 0 Å². The van der Waals surface area contributed by atoms with Crippen LogP contribution in [-0.2, 0) is 37.5 Å². The van der Waals surface area contributed by atoms with Gasteiger partial charge in [0.25, 0.3) is 5.91 Å². The molecule has 0 heterocycles. The first-order valence-electron chi connectivity index (χ1n) is 13.8. The molecule has 0 spiro atoms. The summed E-state index contributed by atoms with van der Waals surface area (Å²) in [4.78, 5) is 26.2. The Kier molecular flexibility index (Phi) is 11.4. The van der Waals surface area contributed by atoms with Crippen molar-refractivity contribution in [3.8, 4) is 0 Å². The maximum Gasteiger partial charge on any atom is 0.251 e. The zero-order valence-electron chi connectivity index (χ0n) is 25.0. The quantitative estimate of drug-likeness (QED) is 0.207. The molecule has 0 aromatic heterocycles. The summed E-state index contributed by atoms with van der Waals surface area (Å²) in [6.45, 7) is 5.51. The van der Waals surface area contributed by atoms with Gasteiger partial charge in [0.05, 0.1) is 29.0 Å². The van der Waals surface area contributed by atoms with Crippen LogP contribution in [0.4, 0.5) is 4.39 Å².